The fraction of sp³-hybridized carbons (Fsp3) is 1.00. The third kappa shape index (κ3) is 7.67. The Balaban J connectivity index is 1.83. The van der Waals surface area contributed by atoms with Gasteiger partial charge in [-0.3, -0.25) is 0 Å². The van der Waals surface area contributed by atoms with Gasteiger partial charge in [-0.05, 0) is 50.9 Å². The van der Waals surface area contributed by atoms with Gasteiger partial charge in [0, 0.05) is 31.3 Å². The van der Waals surface area contributed by atoms with E-state index in [1.165, 1.54) is 57.8 Å². The summed E-state index contributed by atoms with van der Waals surface area (Å²) in [5.41, 5.74) is 0. The van der Waals surface area contributed by atoms with Crippen molar-refractivity contribution in [1.29, 1.82) is 0 Å². The smallest absolute Gasteiger partial charge is 0.335 e. The highest BCUT2D eigenvalue weighted by Crippen LogP contribution is 2.25. The Kier molecular flexibility index (Phi) is 10.00. The number of hydrogen-bond donors (Lipinski definition) is 3. The van der Waals surface area contributed by atoms with Crippen LogP contribution >= 0.6 is 0 Å². The van der Waals surface area contributed by atoms with Crippen LogP contribution in [-0.4, -0.2) is 40.6 Å². The number of rotatable bonds is 10. The molecular weight excluding hydrogens is 326 g/mol. The van der Waals surface area contributed by atoms with E-state index < -0.39 is 9.36 Å². The normalized spacial score (nSPS) is 33.1. The second-order valence-corrected chi connectivity index (χ2v) is 10.3. The Morgan fingerprint density at radius 1 is 0.920 bits per heavy atom. The molecule has 0 amide bonds. The first kappa shape index (κ1) is 21.4. The fourth-order valence-corrected chi connectivity index (χ4v) is 6.70. The molecule has 5 atom stereocenters. The van der Waals surface area contributed by atoms with Gasteiger partial charge >= 0.3 is 9.36 Å². The maximum absolute atomic E-state index is 6.39. The molecule has 0 radical (unpaired) electrons. The van der Waals surface area contributed by atoms with Gasteiger partial charge < -0.3 is 19.7 Å². The Morgan fingerprint density at radius 3 is 1.92 bits per heavy atom. The van der Waals surface area contributed by atoms with Crippen LogP contribution in [0.25, 0.3) is 0 Å². The van der Waals surface area contributed by atoms with E-state index in [0.717, 1.165) is 25.0 Å². The highest BCUT2D eigenvalue weighted by atomic mass is 28.3. The average molecular weight is 370 g/mol. The topological polar surface area (TPSA) is 45.3 Å². The Bertz CT molecular complexity index is 334. The van der Waals surface area contributed by atoms with Gasteiger partial charge in [0.25, 0.3) is 0 Å². The van der Waals surface area contributed by atoms with Crippen molar-refractivity contribution in [3.8, 4) is 0 Å². The Hall–Kier alpha value is 0.0569. The summed E-state index contributed by atoms with van der Waals surface area (Å²) in [5, 5.41) is 3.55. The lowest BCUT2D eigenvalue weighted by Crippen LogP contribution is -2.60. The van der Waals surface area contributed by atoms with Crippen LogP contribution in [-0.2, 0) is 4.43 Å². The summed E-state index contributed by atoms with van der Waals surface area (Å²) in [6, 6.07) is 1.89. The molecule has 0 bridgehead atoms. The zero-order chi connectivity index (χ0) is 18.1. The molecule has 5 heteroatoms. The Labute approximate surface area is 158 Å². The van der Waals surface area contributed by atoms with Crippen LogP contribution in [0.4, 0.5) is 0 Å². The fourth-order valence-electron chi connectivity index (χ4n) is 4.29. The molecule has 25 heavy (non-hydrogen) atoms. The van der Waals surface area contributed by atoms with Crippen molar-refractivity contribution in [2.75, 3.05) is 13.2 Å². The van der Waals surface area contributed by atoms with Crippen molar-refractivity contribution >= 4 is 9.36 Å². The highest BCUT2D eigenvalue weighted by Gasteiger charge is 2.29. The molecule has 0 spiro atoms. The second kappa shape index (κ2) is 11.7. The molecule has 148 valence electrons. The predicted molar refractivity (Wildman–Crippen MR) is 110 cm³/mol. The van der Waals surface area contributed by atoms with E-state index in [-0.39, 0.29) is 0 Å². The van der Waals surface area contributed by atoms with E-state index in [0.29, 0.717) is 18.1 Å². The third-order valence-corrected chi connectivity index (χ3v) is 8.48. The lowest BCUT2D eigenvalue weighted by atomic mass is 9.87. The van der Waals surface area contributed by atoms with Crippen molar-refractivity contribution in [2.45, 2.75) is 104 Å². The predicted octanol–water partition coefficient (Wildman–Crippen LogP) is 3.44. The molecule has 4 nitrogen and oxygen atoms in total. The van der Waals surface area contributed by atoms with E-state index >= 15 is 0 Å². The first-order valence-corrected chi connectivity index (χ1v) is 12.6. The summed E-state index contributed by atoms with van der Waals surface area (Å²) >= 11 is 0. The summed E-state index contributed by atoms with van der Waals surface area (Å²) in [6.45, 7) is 11.1. The van der Waals surface area contributed by atoms with Gasteiger partial charge in [-0.2, -0.15) is 0 Å². The lowest BCUT2D eigenvalue weighted by Gasteiger charge is -2.36. The maximum atomic E-state index is 6.39. The van der Waals surface area contributed by atoms with Gasteiger partial charge in [0.1, 0.15) is 0 Å². The number of hydrogen-bond acceptors (Lipinski definition) is 4. The Morgan fingerprint density at radius 2 is 1.44 bits per heavy atom. The molecule has 0 saturated heterocycles. The minimum Gasteiger partial charge on any atom is -0.393 e. The molecule has 2 aliphatic carbocycles. The van der Waals surface area contributed by atoms with Crippen LogP contribution in [0.2, 0.25) is 0 Å². The van der Waals surface area contributed by atoms with E-state index in [9.17, 15) is 0 Å². The zero-order valence-electron chi connectivity index (χ0n) is 17.2. The van der Waals surface area contributed by atoms with E-state index in [1.54, 1.807) is 0 Å². The van der Waals surface area contributed by atoms with E-state index in [1.807, 2.05) is 0 Å². The molecule has 5 unspecified atom stereocenters. The van der Waals surface area contributed by atoms with Crippen LogP contribution in [0.15, 0.2) is 0 Å². The highest BCUT2D eigenvalue weighted by molar-refractivity contribution is 6.46. The van der Waals surface area contributed by atoms with Crippen molar-refractivity contribution < 1.29 is 4.43 Å². The van der Waals surface area contributed by atoms with Crippen molar-refractivity contribution in [1.82, 2.24) is 15.3 Å². The van der Waals surface area contributed by atoms with Crippen LogP contribution in [0, 0.1) is 11.8 Å². The largest absolute Gasteiger partial charge is 0.393 e. The molecule has 3 N–H and O–H groups in total. The van der Waals surface area contributed by atoms with Crippen molar-refractivity contribution in [3.05, 3.63) is 0 Å². The zero-order valence-corrected chi connectivity index (χ0v) is 18.3. The minimum atomic E-state index is -1.57. The molecule has 2 fully saturated rings. The molecule has 0 aromatic carbocycles. The first-order chi connectivity index (χ1) is 12.1. The van der Waals surface area contributed by atoms with Crippen LogP contribution < -0.4 is 15.3 Å². The van der Waals surface area contributed by atoms with Gasteiger partial charge in [0.2, 0.25) is 0 Å². The summed E-state index contributed by atoms with van der Waals surface area (Å²) < 4.78 is 6.39. The van der Waals surface area contributed by atoms with Crippen molar-refractivity contribution in [3.63, 3.8) is 0 Å². The maximum Gasteiger partial charge on any atom is 0.335 e. The average Bonchev–Trinajstić information content (AvgIpc) is 2.62. The molecule has 2 rings (SSSR count). The van der Waals surface area contributed by atoms with Gasteiger partial charge in [0.05, 0.1) is 0 Å². The SMILES string of the molecule is CCC(C)NCCO[SiH](NC1CCCCC1C)NC1CCCCC1C. The van der Waals surface area contributed by atoms with Gasteiger partial charge in [0.15, 0.2) is 0 Å². The third-order valence-electron chi connectivity index (χ3n) is 6.45. The van der Waals surface area contributed by atoms with E-state index in [2.05, 4.69) is 43.0 Å². The molecule has 2 saturated carbocycles. The summed E-state index contributed by atoms with van der Waals surface area (Å²) in [4.78, 5) is 7.91. The second-order valence-electron chi connectivity index (χ2n) is 8.58. The van der Waals surface area contributed by atoms with Gasteiger partial charge in [-0.15, -0.1) is 0 Å². The first-order valence-electron chi connectivity index (χ1n) is 11.0. The molecule has 0 aromatic heterocycles. The quantitative estimate of drug-likeness (QED) is 0.408. The van der Waals surface area contributed by atoms with E-state index in [4.69, 9.17) is 4.43 Å². The molecule has 0 aromatic rings. The van der Waals surface area contributed by atoms with Crippen molar-refractivity contribution in [2.24, 2.45) is 11.8 Å². The molecule has 2 aliphatic rings. The summed E-state index contributed by atoms with van der Waals surface area (Å²) in [6.07, 6.45) is 12.1. The minimum absolute atomic E-state index is 0.585. The summed E-state index contributed by atoms with van der Waals surface area (Å²) in [5.74, 6) is 1.58. The molecule has 0 aliphatic heterocycles. The van der Waals surface area contributed by atoms with Crippen LogP contribution in [0.3, 0.4) is 0 Å². The standard InChI is InChI=1S/C20H43N3OSi/c1-5-18(4)21-14-15-24-25(22-19-12-8-6-10-16(19)2)23-20-13-9-7-11-17(20)3/h16-23,25H,5-15H2,1-4H3. The summed E-state index contributed by atoms with van der Waals surface area (Å²) in [7, 11) is -1.57. The lowest BCUT2D eigenvalue weighted by molar-refractivity contribution is 0.239. The monoisotopic (exact) mass is 369 g/mol. The van der Waals surface area contributed by atoms with Crippen LogP contribution in [0.5, 0.6) is 0 Å². The number of nitrogens with one attached hydrogen (secondary N) is 3. The molecular formula is C20H43N3OSi. The van der Waals surface area contributed by atoms with Crippen LogP contribution in [0.1, 0.15) is 85.5 Å². The van der Waals surface area contributed by atoms with Gasteiger partial charge in [-0.25, -0.2) is 0 Å². The van der Waals surface area contributed by atoms with Gasteiger partial charge in [-0.1, -0.05) is 46.5 Å². The molecule has 0 heterocycles.